The van der Waals surface area contributed by atoms with Crippen molar-refractivity contribution < 1.29 is 13.9 Å². The zero-order valence-electron chi connectivity index (χ0n) is 13.4. The molecule has 0 aliphatic carbocycles. The predicted molar refractivity (Wildman–Crippen MR) is 90.9 cm³/mol. The van der Waals surface area contributed by atoms with E-state index in [1.165, 1.54) is 18.6 Å². The van der Waals surface area contributed by atoms with Crippen LogP contribution in [0.5, 0.6) is 0 Å². The van der Waals surface area contributed by atoms with Crippen LogP contribution in [-0.2, 0) is 15.3 Å². The van der Waals surface area contributed by atoms with Gasteiger partial charge in [0.15, 0.2) is 0 Å². The van der Waals surface area contributed by atoms with Crippen molar-refractivity contribution in [3.8, 4) is 0 Å². The number of hydrogen-bond donors (Lipinski definition) is 0. The van der Waals surface area contributed by atoms with Crippen molar-refractivity contribution in [2.24, 2.45) is 5.41 Å². The van der Waals surface area contributed by atoms with Gasteiger partial charge in [-0.25, -0.2) is 4.39 Å². The summed E-state index contributed by atoms with van der Waals surface area (Å²) in [5.41, 5.74) is 1.33. The van der Waals surface area contributed by atoms with Crippen LogP contribution < -0.4 is 0 Å². The summed E-state index contributed by atoms with van der Waals surface area (Å²) < 4.78 is 18.4. The maximum absolute atomic E-state index is 12.8. The number of thioether (sulfide) groups is 1. The number of halogens is 1. The van der Waals surface area contributed by atoms with Crippen molar-refractivity contribution >= 4 is 17.7 Å². The maximum atomic E-state index is 12.8. The van der Waals surface area contributed by atoms with Gasteiger partial charge in [-0.15, -0.1) is 0 Å². The number of hydrogen-bond acceptors (Lipinski definition) is 3. The molecular weight excluding hydrogens is 313 g/mol. The van der Waals surface area contributed by atoms with Crippen LogP contribution in [0, 0.1) is 11.2 Å². The molecular formula is C18H24FNO2S. The molecule has 1 aromatic rings. The van der Waals surface area contributed by atoms with Gasteiger partial charge < -0.3 is 9.64 Å². The Hall–Kier alpha value is -1.07. The molecule has 2 heterocycles. The highest BCUT2D eigenvalue weighted by atomic mass is 32.2. The number of nitrogens with zero attached hydrogens (tertiary/aromatic N) is 1. The minimum atomic E-state index is -0.205. The monoisotopic (exact) mass is 337 g/mol. The summed E-state index contributed by atoms with van der Waals surface area (Å²) >= 11 is 1.73. The van der Waals surface area contributed by atoms with Gasteiger partial charge in [-0.3, -0.25) is 4.79 Å². The summed E-state index contributed by atoms with van der Waals surface area (Å²) in [6.07, 6.45) is 3.97. The summed E-state index contributed by atoms with van der Waals surface area (Å²) in [4.78, 5) is 14.5. The van der Waals surface area contributed by atoms with Gasteiger partial charge in [0.05, 0.1) is 6.61 Å². The lowest BCUT2D eigenvalue weighted by atomic mass is 9.79. The quantitative estimate of drug-likeness (QED) is 0.771. The third-order valence-electron chi connectivity index (χ3n) is 4.84. The molecule has 1 atom stereocenters. The normalized spacial score (nSPS) is 24.3. The first-order valence-corrected chi connectivity index (χ1v) is 9.50. The molecule has 2 fully saturated rings. The Kier molecular flexibility index (Phi) is 5.59. The van der Waals surface area contributed by atoms with Crippen LogP contribution in [0.1, 0.15) is 31.2 Å². The molecule has 1 amide bonds. The van der Waals surface area contributed by atoms with Gasteiger partial charge in [-0.1, -0.05) is 12.1 Å². The van der Waals surface area contributed by atoms with Crippen molar-refractivity contribution in [2.45, 2.75) is 31.4 Å². The SMILES string of the molecule is O=C(CCSCc1ccc(F)cc1)N1CCC[C@]2(CCOC2)C1. The largest absolute Gasteiger partial charge is 0.381 e. The minimum absolute atomic E-state index is 0.205. The Bertz CT molecular complexity index is 528. The van der Waals surface area contributed by atoms with E-state index in [9.17, 15) is 9.18 Å². The Morgan fingerprint density at radius 2 is 2.13 bits per heavy atom. The van der Waals surface area contributed by atoms with Crippen LogP contribution in [0.15, 0.2) is 24.3 Å². The molecule has 3 nitrogen and oxygen atoms in total. The molecule has 0 bridgehead atoms. The van der Waals surface area contributed by atoms with Crippen molar-refractivity contribution in [3.05, 3.63) is 35.6 Å². The van der Waals surface area contributed by atoms with Gasteiger partial charge >= 0.3 is 0 Å². The van der Waals surface area contributed by atoms with Crippen LogP contribution in [-0.4, -0.2) is 42.9 Å². The number of amides is 1. The molecule has 2 aliphatic rings. The summed E-state index contributed by atoms with van der Waals surface area (Å²) in [6.45, 7) is 3.42. The molecule has 126 valence electrons. The molecule has 23 heavy (non-hydrogen) atoms. The van der Waals surface area contributed by atoms with E-state index in [-0.39, 0.29) is 17.1 Å². The number of carbonyl (C=O) groups is 1. The van der Waals surface area contributed by atoms with Gasteiger partial charge in [-0.2, -0.15) is 11.8 Å². The summed E-state index contributed by atoms with van der Waals surface area (Å²) in [6, 6.07) is 6.58. The smallest absolute Gasteiger partial charge is 0.223 e. The molecule has 2 aliphatic heterocycles. The fourth-order valence-electron chi connectivity index (χ4n) is 3.48. The van der Waals surface area contributed by atoms with E-state index in [1.807, 2.05) is 4.90 Å². The number of carbonyl (C=O) groups excluding carboxylic acids is 1. The van der Waals surface area contributed by atoms with Gasteiger partial charge in [0.1, 0.15) is 5.82 Å². The predicted octanol–water partition coefficient (Wildman–Crippen LogP) is 3.48. The Morgan fingerprint density at radius 1 is 1.30 bits per heavy atom. The first-order valence-electron chi connectivity index (χ1n) is 8.35. The van der Waals surface area contributed by atoms with E-state index in [4.69, 9.17) is 4.74 Å². The highest BCUT2D eigenvalue weighted by molar-refractivity contribution is 7.98. The van der Waals surface area contributed by atoms with Crippen LogP contribution in [0.2, 0.25) is 0 Å². The second-order valence-electron chi connectivity index (χ2n) is 6.65. The average Bonchev–Trinajstić information content (AvgIpc) is 3.00. The molecule has 0 unspecified atom stereocenters. The van der Waals surface area contributed by atoms with Gasteiger partial charge in [-0.05, 0) is 37.0 Å². The van der Waals surface area contributed by atoms with E-state index in [0.717, 1.165) is 56.2 Å². The first-order chi connectivity index (χ1) is 11.2. The number of benzene rings is 1. The zero-order chi connectivity index (χ0) is 16.1. The Labute approximate surface area is 141 Å². The highest BCUT2D eigenvalue weighted by Gasteiger charge is 2.39. The van der Waals surface area contributed by atoms with Crippen LogP contribution >= 0.6 is 11.8 Å². The minimum Gasteiger partial charge on any atom is -0.381 e. The molecule has 0 N–H and O–H groups in total. The van der Waals surface area contributed by atoms with Crippen LogP contribution in [0.4, 0.5) is 4.39 Å². The van der Waals surface area contributed by atoms with Crippen molar-refractivity contribution in [1.82, 2.24) is 4.90 Å². The third kappa shape index (κ3) is 4.48. The fraction of sp³-hybridized carbons (Fsp3) is 0.611. The Morgan fingerprint density at radius 3 is 2.87 bits per heavy atom. The molecule has 1 spiro atoms. The lowest BCUT2D eigenvalue weighted by Gasteiger charge is -2.39. The molecule has 1 aromatic carbocycles. The average molecular weight is 337 g/mol. The van der Waals surface area contributed by atoms with E-state index < -0.39 is 0 Å². The van der Waals surface area contributed by atoms with E-state index in [2.05, 4.69) is 0 Å². The van der Waals surface area contributed by atoms with Crippen LogP contribution in [0.25, 0.3) is 0 Å². The van der Waals surface area contributed by atoms with Crippen molar-refractivity contribution in [2.75, 3.05) is 32.1 Å². The van der Waals surface area contributed by atoms with Crippen molar-refractivity contribution in [1.29, 1.82) is 0 Å². The highest BCUT2D eigenvalue weighted by Crippen LogP contribution is 2.37. The Balaban J connectivity index is 1.39. The number of rotatable bonds is 5. The standard InChI is InChI=1S/C18H24FNO2S/c19-16-4-2-15(3-5-16)12-23-11-6-17(21)20-9-1-7-18(13-20)8-10-22-14-18/h2-5H,1,6-14H2/t18-/m0/s1. The van der Waals surface area contributed by atoms with E-state index in [0.29, 0.717) is 6.42 Å². The lowest BCUT2D eigenvalue weighted by molar-refractivity contribution is -0.134. The number of ether oxygens (including phenoxy) is 1. The van der Waals surface area contributed by atoms with Gasteiger partial charge in [0.25, 0.3) is 0 Å². The summed E-state index contributed by atoms with van der Waals surface area (Å²) in [7, 11) is 0. The first kappa shape index (κ1) is 16.8. The molecule has 0 aromatic heterocycles. The second-order valence-corrected chi connectivity index (χ2v) is 7.76. The van der Waals surface area contributed by atoms with Crippen molar-refractivity contribution in [3.63, 3.8) is 0 Å². The topological polar surface area (TPSA) is 29.5 Å². The molecule has 0 saturated carbocycles. The summed E-state index contributed by atoms with van der Waals surface area (Å²) in [5, 5.41) is 0. The molecule has 0 radical (unpaired) electrons. The molecule has 3 rings (SSSR count). The summed E-state index contributed by atoms with van der Waals surface area (Å²) in [5.74, 6) is 1.70. The second kappa shape index (κ2) is 7.67. The van der Waals surface area contributed by atoms with Gasteiger partial charge in [0.2, 0.25) is 5.91 Å². The maximum Gasteiger partial charge on any atom is 0.223 e. The fourth-order valence-corrected chi connectivity index (χ4v) is 4.37. The van der Waals surface area contributed by atoms with E-state index >= 15 is 0 Å². The molecule has 5 heteroatoms. The zero-order valence-corrected chi connectivity index (χ0v) is 14.2. The van der Waals surface area contributed by atoms with Gasteiger partial charge in [0, 0.05) is 43.0 Å². The third-order valence-corrected chi connectivity index (χ3v) is 5.87. The van der Waals surface area contributed by atoms with E-state index in [1.54, 1.807) is 23.9 Å². The molecule has 2 saturated heterocycles. The van der Waals surface area contributed by atoms with Crippen LogP contribution in [0.3, 0.4) is 0 Å². The number of piperidine rings is 1. The number of likely N-dealkylation sites (tertiary alicyclic amines) is 1. The lowest BCUT2D eigenvalue weighted by Crippen LogP contribution is -2.46.